The highest BCUT2D eigenvalue weighted by Gasteiger charge is 2.22. The van der Waals surface area contributed by atoms with E-state index in [1.54, 1.807) is 11.0 Å². The number of amides is 1. The van der Waals surface area contributed by atoms with Gasteiger partial charge in [0.05, 0.1) is 18.2 Å². The van der Waals surface area contributed by atoms with Crippen molar-refractivity contribution in [1.82, 2.24) is 9.80 Å². The van der Waals surface area contributed by atoms with Crippen LogP contribution in [0, 0.1) is 18.3 Å². The van der Waals surface area contributed by atoms with Crippen LogP contribution in [0.4, 0.5) is 0 Å². The molecule has 90 valence electrons. The van der Waals surface area contributed by atoms with Crippen LogP contribution >= 0.6 is 0 Å². The highest BCUT2D eigenvalue weighted by Crippen LogP contribution is 2.11. The van der Waals surface area contributed by atoms with Gasteiger partial charge < -0.3 is 9.32 Å². The van der Waals surface area contributed by atoms with Crippen LogP contribution in [0.25, 0.3) is 0 Å². The van der Waals surface area contributed by atoms with Gasteiger partial charge in [-0.3, -0.25) is 9.69 Å². The van der Waals surface area contributed by atoms with Crippen molar-refractivity contribution in [3.05, 3.63) is 23.7 Å². The van der Waals surface area contributed by atoms with Gasteiger partial charge in [0.2, 0.25) is 0 Å². The van der Waals surface area contributed by atoms with Crippen LogP contribution in [0.5, 0.6) is 0 Å². The lowest BCUT2D eigenvalue weighted by molar-refractivity contribution is 0.0651. The molecule has 0 aromatic carbocycles. The van der Waals surface area contributed by atoms with E-state index in [4.69, 9.17) is 9.68 Å². The molecular formula is C12H15N3O2. The molecule has 0 atom stereocenters. The van der Waals surface area contributed by atoms with Crippen LogP contribution < -0.4 is 0 Å². The average Bonchev–Trinajstić information content (AvgIpc) is 2.76. The standard InChI is InChI=1S/C12H15N3O2/c1-10-8-11(9-17-10)12(16)15-6-4-14(3-2-13)5-7-15/h8-9H,3-7H2,1H3. The molecule has 17 heavy (non-hydrogen) atoms. The Morgan fingerprint density at radius 3 is 2.71 bits per heavy atom. The van der Waals surface area contributed by atoms with Crippen LogP contribution in [-0.2, 0) is 0 Å². The monoisotopic (exact) mass is 233 g/mol. The van der Waals surface area contributed by atoms with Gasteiger partial charge in [-0.05, 0) is 13.0 Å². The van der Waals surface area contributed by atoms with Crippen molar-refractivity contribution in [3.63, 3.8) is 0 Å². The molecule has 0 spiro atoms. The Bertz CT molecular complexity index is 439. The lowest BCUT2D eigenvalue weighted by atomic mass is 10.2. The summed E-state index contributed by atoms with van der Waals surface area (Å²) in [6.07, 6.45) is 1.50. The summed E-state index contributed by atoms with van der Waals surface area (Å²) in [5, 5.41) is 8.59. The van der Waals surface area contributed by atoms with Crippen molar-refractivity contribution >= 4 is 5.91 Å². The minimum Gasteiger partial charge on any atom is -0.469 e. The van der Waals surface area contributed by atoms with Crippen molar-refractivity contribution in [2.75, 3.05) is 32.7 Å². The van der Waals surface area contributed by atoms with Crippen LogP contribution in [0.3, 0.4) is 0 Å². The predicted molar refractivity (Wildman–Crippen MR) is 61.4 cm³/mol. The maximum Gasteiger partial charge on any atom is 0.257 e. The third-order valence-corrected chi connectivity index (χ3v) is 2.93. The van der Waals surface area contributed by atoms with Gasteiger partial charge in [0.25, 0.3) is 5.91 Å². The number of rotatable bonds is 2. The zero-order chi connectivity index (χ0) is 12.3. The number of aryl methyl sites for hydroxylation is 1. The molecule has 1 aliphatic heterocycles. The molecule has 2 rings (SSSR count). The van der Waals surface area contributed by atoms with Crippen molar-refractivity contribution in [2.24, 2.45) is 0 Å². The van der Waals surface area contributed by atoms with Crippen molar-refractivity contribution in [2.45, 2.75) is 6.92 Å². The number of hydrogen-bond donors (Lipinski definition) is 0. The van der Waals surface area contributed by atoms with Crippen molar-refractivity contribution in [3.8, 4) is 6.07 Å². The summed E-state index contributed by atoms with van der Waals surface area (Å²) < 4.78 is 5.14. The molecule has 0 N–H and O–H groups in total. The number of nitrogens with zero attached hydrogens (tertiary/aromatic N) is 3. The van der Waals surface area contributed by atoms with Gasteiger partial charge in [-0.25, -0.2) is 0 Å². The summed E-state index contributed by atoms with van der Waals surface area (Å²) in [5.41, 5.74) is 0.608. The Balaban J connectivity index is 1.93. The molecule has 2 heterocycles. The Morgan fingerprint density at radius 1 is 1.47 bits per heavy atom. The van der Waals surface area contributed by atoms with E-state index in [0.29, 0.717) is 25.2 Å². The van der Waals surface area contributed by atoms with Gasteiger partial charge in [0.1, 0.15) is 12.0 Å². The van der Waals surface area contributed by atoms with Crippen LogP contribution in [0.1, 0.15) is 16.1 Å². The van der Waals surface area contributed by atoms with Crippen LogP contribution in [0.15, 0.2) is 16.7 Å². The van der Waals surface area contributed by atoms with Gasteiger partial charge in [-0.2, -0.15) is 5.26 Å². The molecular weight excluding hydrogens is 218 g/mol. The Morgan fingerprint density at radius 2 is 2.18 bits per heavy atom. The van der Waals surface area contributed by atoms with Gasteiger partial charge in [-0.15, -0.1) is 0 Å². The SMILES string of the molecule is Cc1cc(C(=O)N2CCN(CC#N)CC2)co1. The lowest BCUT2D eigenvalue weighted by Crippen LogP contribution is -2.48. The topological polar surface area (TPSA) is 60.5 Å². The van der Waals surface area contributed by atoms with Gasteiger partial charge >= 0.3 is 0 Å². The van der Waals surface area contributed by atoms with E-state index in [2.05, 4.69) is 6.07 Å². The van der Waals surface area contributed by atoms with Crippen LogP contribution in [-0.4, -0.2) is 48.4 Å². The lowest BCUT2D eigenvalue weighted by Gasteiger charge is -2.33. The first-order valence-electron chi connectivity index (χ1n) is 5.64. The summed E-state index contributed by atoms with van der Waals surface area (Å²) in [6, 6.07) is 3.88. The largest absolute Gasteiger partial charge is 0.469 e. The number of hydrogen-bond acceptors (Lipinski definition) is 4. The minimum atomic E-state index is 0.0125. The molecule has 1 saturated heterocycles. The first kappa shape index (κ1) is 11.7. The summed E-state index contributed by atoms with van der Waals surface area (Å²) >= 11 is 0. The van der Waals surface area contributed by atoms with Gasteiger partial charge in [-0.1, -0.05) is 0 Å². The van der Waals surface area contributed by atoms with Gasteiger partial charge in [0.15, 0.2) is 0 Å². The number of piperazine rings is 1. The van der Waals surface area contributed by atoms with Crippen molar-refractivity contribution in [1.29, 1.82) is 5.26 Å². The zero-order valence-electron chi connectivity index (χ0n) is 9.85. The third kappa shape index (κ3) is 2.66. The number of nitriles is 1. The fourth-order valence-electron chi connectivity index (χ4n) is 1.95. The van der Waals surface area contributed by atoms with E-state index in [1.807, 2.05) is 11.8 Å². The average molecular weight is 233 g/mol. The second kappa shape index (κ2) is 5.02. The third-order valence-electron chi connectivity index (χ3n) is 2.93. The molecule has 1 aromatic rings. The molecule has 1 fully saturated rings. The second-order valence-corrected chi connectivity index (χ2v) is 4.17. The molecule has 0 radical (unpaired) electrons. The molecule has 5 nitrogen and oxygen atoms in total. The summed E-state index contributed by atoms with van der Waals surface area (Å²) in [5.74, 6) is 0.759. The first-order chi connectivity index (χ1) is 8.20. The van der Waals surface area contributed by atoms with E-state index in [1.165, 1.54) is 6.26 Å². The maximum absolute atomic E-state index is 12.1. The quantitative estimate of drug-likeness (QED) is 0.711. The second-order valence-electron chi connectivity index (χ2n) is 4.17. The van der Waals surface area contributed by atoms with Crippen LogP contribution in [0.2, 0.25) is 0 Å². The first-order valence-corrected chi connectivity index (χ1v) is 5.64. The predicted octanol–water partition coefficient (Wildman–Crippen LogP) is 0.869. The zero-order valence-corrected chi connectivity index (χ0v) is 9.85. The molecule has 1 aromatic heterocycles. The fraction of sp³-hybridized carbons (Fsp3) is 0.500. The smallest absolute Gasteiger partial charge is 0.257 e. The highest BCUT2D eigenvalue weighted by atomic mass is 16.3. The number of carbonyl (C=O) groups excluding carboxylic acids is 1. The molecule has 1 amide bonds. The normalized spacial score (nSPS) is 16.8. The highest BCUT2D eigenvalue weighted by molar-refractivity contribution is 5.94. The number of carbonyl (C=O) groups is 1. The van der Waals surface area contributed by atoms with E-state index in [-0.39, 0.29) is 5.91 Å². The fourth-order valence-corrected chi connectivity index (χ4v) is 1.95. The minimum absolute atomic E-state index is 0.0125. The van der Waals surface area contributed by atoms with E-state index in [9.17, 15) is 4.79 Å². The molecule has 0 aliphatic carbocycles. The maximum atomic E-state index is 12.1. The van der Waals surface area contributed by atoms with E-state index >= 15 is 0 Å². The van der Waals surface area contributed by atoms with E-state index in [0.717, 1.165) is 18.8 Å². The molecule has 0 unspecified atom stereocenters. The summed E-state index contributed by atoms with van der Waals surface area (Å²) in [7, 11) is 0. The summed E-state index contributed by atoms with van der Waals surface area (Å²) in [6.45, 7) is 5.12. The Kier molecular flexibility index (Phi) is 3.45. The molecule has 0 saturated carbocycles. The Labute approximate surface area is 100 Å². The Hall–Kier alpha value is -1.80. The molecule has 1 aliphatic rings. The van der Waals surface area contributed by atoms with E-state index < -0.39 is 0 Å². The number of furan rings is 1. The van der Waals surface area contributed by atoms with Gasteiger partial charge in [0, 0.05) is 26.2 Å². The molecule has 5 heteroatoms. The molecule has 0 bridgehead atoms. The summed E-state index contributed by atoms with van der Waals surface area (Å²) in [4.78, 5) is 15.9. The van der Waals surface area contributed by atoms with Crippen molar-refractivity contribution < 1.29 is 9.21 Å².